The van der Waals surface area contributed by atoms with Crippen LogP contribution in [0.5, 0.6) is 5.75 Å². The molecule has 3 rings (SSSR count). The molecule has 1 aromatic carbocycles. The van der Waals surface area contributed by atoms with Crippen molar-refractivity contribution in [1.82, 2.24) is 9.21 Å². The number of hydrogen-bond donors (Lipinski definition) is 1. The largest absolute Gasteiger partial charge is 0.487 e. The van der Waals surface area contributed by atoms with Gasteiger partial charge in [-0.1, -0.05) is 51.9 Å². The number of carbonyl (C=O) groups is 1. The Morgan fingerprint density at radius 1 is 1.22 bits per heavy atom. The number of nitrogens with zero attached hydrogens (tertiary/aromatic N) is 2. The van der Waals surface area contributed by atoms with E-state index in [9.17, 15) is 18.3 Å². The number of fused-ring (bicyclic) bond motifs is 1. The summed E-state index contributed by atoms with van der Waals surface area (Å²) in [6.07, 6.45) is 5.52. The van der Waals surface area contributed by atoms with Crippen LogP contribution in [-0.2, 0) is 14.8 Å². The highest BCUT2D eigenvalue weighted by Crippen LogP contribution is 2.34. The lowest BCUT2D eigenvalue weighted by atomic mass is 9.88. The molecule has 200 valence electrons. The Bertz CT molecular complexity index is 1070. The maximum Gasteiger partial charge on any atom is 0.247 e. The van der Waals surface area contributed by atoms with E-state index in [1.807, 2.05) is 14.0 Å². The number of aliphatic hydroxyl groups is 1. The second-order valence-electron chi connectivity index (χ2n) is 10.9. The summed E-state index contributed by atoms with van der Waals surface area (Å²) in [7, 11) is -2.09. The van der Waals surface area contributed by atoms with Gasteiger partial charge < -0.3 is 14.7 Å². The first-order valence-electron chi connectivity index (χ1n) is 13.2. The topological polar surface area (TPSA) is 87.2 Å². The van der Waals surface area contributed by atoms with Gasteiger partial charge in [0.05, 0.1) is 13.2 Å². The fourth-order valence-electron chi connectivity index (χ4n) is 4.90. The number of ether oxygens (including phenoxy) is 1. The second kappa shape index (κ2) is 12.4. The van der Waals surface area contributed by atoms with Crippen LogP contribution in [0.25, 0.3) is 0 Å². The van der Waals surface area contributed by atoms with Crippen molar-refractivity contribution >= 4 is 15.9 Å². The Hall–Kier alpha value is -2.08. The minimum Gasteiger partial charge on any atom is -0.487 e. The average Bonchev–Trinajstić information content (AvgIpc) is 2.85. The first kappa shape index (κ1) is 28.5. The van der Waals surface area contributed by atoms with Crippen LogP contribution in [0.1, 0.15) is 71.8 Å². The number of rotatable bonds is 6. The van der Waals surface area contributed by atoms with Crippen molar-refractivity contribution in [2.75, 3.05) is 26.7 Å². The predicted molar refractivity (Wildman–Crippen MR) is 141 cm³/mol. The van der Waals surface area contributed by atoms with E-state index in [1.54, 1.807) is 30.0 Å². The van der Waals surface area contributed by atoms with E-state index in [4.69, 9.17) is 4.74 Å². The summed E-state index contributed by atoms with van der Waals surface area (Å²) >= 11 is 0. The smallest absolute Gasteiger partial charge is 0.247 e. The Kier molecular flexibility index (Phi) is 9.85. The average molecular weight is 519 g/mol. The van der Waals surface area contributed by atoms with Gasteiger partial charge >= 0.3 is 0 Å². The molecular weight excluding hydrogens is 476 g/mol. The van der Waals surface area contributed by atoms with Gasteiger partial charge in [-0.25, -0.2) is 8.42 Å². The van der Waals surface area contributed by atoms with Crippen molar-refractivity contribution < 1.29 is 23.1 Å². The van der Waals surface area contributed by atoms with Crippen LogP contribution < -0.4 is 4.74 Å². The first-order valence-corrected chi connectivity index (χ1v) is 14.7. The summed E-state index contributed by atoms with van der Waals surface area (Å²) in [5, 5.41) is 9.82. The summed E-state index contributed by atoms with van der Waals surface area (Å²) < 4.78 is 35.0. The molecule has 3 atom stereocenters. The van der Waals surface area contributed by atoms with Gasteiger partial charge in [0, 0.05) is 43.5 Å². The van der Waals surface area contributed by atoms with Crippen molar-refractivity contribution in [3.05, 3.63) is 23.8 Å². The van der Waals surface area contributed by atoms with Crippen molar-refractivity contribution in [1.29, 1.82) is 0 Å². The molecule has 1 N–H and O–H groups in total. The SMILES string of the molecule is CC(C)CC#Cc1ccc2c(c1)O[C@H](CN(C)C(=O)C1CCCCC1)[C@H](C)CN([C@@H](C)CO)S2(=O)=O. The summed E-state index contributed by atoms with van der Waals surface area (Å²) in [5.74, 6) is 6.93. The fraction of sp³-hybridized carbons (Fsp3) is 0.679. The molecule has 36 heavy (non-hydrogen) atoms. The third-order valence-electron chi connectivity index (χ3n) is 7.19. The van der Waals surface area contributed by atoms with E-state index in [1.165, 1.54) is 10.7 Å². The maximum atomic E-state index is 13.6. The quantitative estimate of drug-likeness (QED) is 0.578. The zero-order valence-electron chi connectivity index (χ0n) is 22.4. The highest BCUT2D eigenvalue weighted by molar-refractivity contribution is 7.89. The second-order valence-corrected chi connectivity index (χ2v) is 12.7. The molecule has 1 aliphatic heterocycles. The molecule has 1 amide bonds. The zero-order chi connectivity index (χ0) is 26.5. The summed E-state index contributed by atoms with van der Waals surface area (Å²) in [6.45, 7) is 8.10. The number of amides is 1. The molecule has 2 aliphatic rings. The molecular formula is C28H42N2O5S. The highest BCUT2D eigenvalue weighted by Gasteiger charge is 2.38. The Morgan fingerprint density at radius 3 is 2.56 bits per heavy atom. The molecule has 1 aliphatic carbocycles. The lowest BCUT2D eigenvalue weighted by Crippen LogP contribution is -2.50. The highest BCUT2D eigenvalue weighted by atomic mass is 32.2. The number of hydrogen-bond acceptors (Lipinski definition) is 5. The molecule has 1 heterocycles. The Labute approximate surface area is 217 Å². The number of carbonyl (C=O) groups excluding carboxylic acids is 1. The van der Waals surface area contributed by atoms with Gasteiger partial charge in [0.2, 0.25) is 15.9 Å². The lowest BCUT2D eigenvalue weighted by Gasteiger charge is -2.38. The number of likely N-dealkylation sites (N-methyl/N-ethyl adjacent to an activating group) is 1. The third-order valence-corrected chi connectivity index (χ3v) is 9.21. The Balaban J connectivity index is 1.96. The molecule has 0 radical (unpaired) electrons. The third kappa shape index (κ3) is 6.81. The van der Waals surface area contributed by atoms with Crippen LogP contribution in [0.4, 0.5) is 0 Å². The van der Waals surface area contributed by atoms with Gasteiger partial charge in [0.15, 0.2) is 0 Å². The number of benzene rings is 1. The van der Waals surface area contributed by atoms with Crippen molar-refractivity contribution in [2.24, 2.45) is 17.8 Å². The molecule has 0 unspecified atom stereocenters. The minimum absolute atomic E-state index is 0.0500. The monoisotopic (exact) mass is 518 g/mol. The minimum atomic E-state index is -3.90. The zero-order valence-corrected chi connectivity index (χ0v) is 23.2. The van der Waals surface area contributed by atoms with Crippen LogP contribution in [0, 0.1) is 29.6 Å². The molecule has 1 fully saturated rings. The first-order chi connectivity index (χ1) is 17.0. The van der Waals surface area contributed by atoms with Crippen LogP contribution in [0.15, 0.2) is 23.1 Å². The molecule has 0 aromatic heterocycles. The molecule has 7 nitrogen and oxygen atoms in total. The van der Waals surface area contributed by atoms with E-state index in [2.05, 4.69) is 25.7 Å². The van der Waals surface area contributed by atoms with Crippen LogP contribution >= 0.6 is 0 Å². The van der Waals surface area contributed by atoms with Gasteiger partial charge in [0.25, 0.3) is 0 Å². The van der Waals surface area contributed by atoms with E-state index in [0.717, 1.165) is 32.1 Å². The van der Waals surface area contributed by atoms with Gasteiger partial charge in [-0.3, -0.25) is 4.79 Å². The standard InChI is InChI=1S/C28H42N2O5S/c1-20(2)10-9-11-23-14-15-27-25(16-23)35-26(18-29(5)28(32)24-12-7-6-8-13-24)21(3)17-30(22(4)19-31)36(27,33)34/h14-16,20-22,24,26,31H,6-8,10,12-13,17-19H2,1-5H3/t21-,22+,26-/m1/s1. The molecule has 1 aromatic rings. The molecule has 8 heteroatoms. The van der Waals surface area contributed by atoms with Gasteiger partial charge in [-0.15, -0.1) is 0 Å². The number of aliphatic hydroxyl groups excluding tert-OH is 1. The van der Waals surface area contributed by atoms with Crippen LogP contribution in [0.2, 0.25) is 0 Å². The summed E-state index contributed by atoms with van der Waals surface area (Å²) in [6, 6.07) is 4.35. The van der Waals surface area contributed by atoms with E-state index in [-0.39, 0.29) is 41.5 Å². The van der Waals surface area contributed by atoms with Crippen molar-refractivity contribution in [3.63, 3.8) is 0 Å². The van der Waals surface area contributed by atoms with Crippen LogP contribution in [-0.4, -0.2) is 67.5 Å². The fourth-order valence-corrected chi connectivity index (χ4v) is 6.73. The van der Waals surface area contributed by atoms with E-state index < -0.39 is 22.2 Å². The van der Waals surface area contributed by atoms with Gasteiger partial charge in [0.1, 0.15) is 16.7 Å². The summed E-state index contributed by atoms with van der Waals surface area (Å²) in [5.41, 5.74) is 0.685. The molecule has 1 saturated carbocycles. The van der Waals surface area contributed by atoms with E-state index >= 15 is 0 Å². The molecule has 0 spiro atoms. The normalized spacial score (nSPS) is 23.4. The van der Waals surface area contributed by atoms with Gasteiger partial charge in [-0.2, -0.15) is 4.31 Å². The van der Waals surface area contributed by atoms with E-state index in [0.29, 0.717) is 18.0 Å². The van der Waals surface area contributed by atoms with Gasteiger partial charge in [-0.05, 0) is 43.9 Å². The maximum absolute atomic E-state index is 13.6. The van der Waals surface area contributed by atoms with Crippen LogP contribution in [0.3, 0.4) is 0 Å². The number of sulfonamides is 1. The van der Waals surface area contributed by atoms with Crippen molar-refractivity contribution in [3.8, 4) is 17.6 Å². The van der Waals surface area contributed by atoms with Crippen molar-refractivity contribution in [2.45, 2.75) is 83.3 Å². The summed E-state index contributed by atoms with van der Waals surface area (Å²) in [4.78, 5) is 15.0. The Morgan fingerprint density at radius 2 is 1.92 bits per heavy atom. The predicted octanol–water partition coefficient (Wildman–Crippen LogP) is 3.89. The molecule has 0 saturated heterocycles. The molecule has 0 bridgehead atoms. The lowest BCUT2D eigenvalue weighted by molar-refractivity contribution is -0.136.